The molecule has 23 heavy (non-hydrogen) atoms. The van der Waals surface area contributed by atoms with Gasteiger partial charge in [-0.25, -0.2) is 18.9 Å². The Morgan fingerprint density at radius 2 is 2.22 bits per heavy atom. The highest BCUT2D eigenvalue weighted by Gasteiger charge is 2.11. The molecule has 0 aliphatic rings. The molecule has 3 aromatic rings. The molecule has 0 unspecified atom stereocenters. The van der Waals surface area contributed by atoms with Crippen LogP contribution in [0.5, 0.6) is 0 Å². The summed E-state index contributed by atoms with van der Waals surface area (Å²) in [5, 5.41) is 6.43. The molecular weight excluding hydrogens is 303 g/mol. The van der Waals surface area contributed by atoms with Gasteiger partial charge in [0, 0.05) is 20.0 Å². The van der Waals surface area contributed by atoms with E-state index in [9.17, 15) is 14.0 Å². The fourth-order valence-electron chi connectivity index (χ4n) is 2.20. The van der Waals surface area contributed by atoms with E-state index in [0.717, 1.165) is 10.5 Å². The van der Waals surface area contributed by atoms with Crippen molar-refractivity contribution in [3.05, 3.63) is 46.1 Å². The van der Waals surface area contributed by atoms with Crippen molar-refractivity contribution in [1.82, 2.24) is 30.0 Å². The van der Waals surface area contributed by atoms with Gasteiger partial charge in [-0.15, -0.1) is 5.10 Å². The summed E-state index contributed by atoms with van der Waals surface area (Å²) in [4.78, 5) is 32.7. The predicted molar refractivity (Wildman–Crippen MR) is 80.5 cm³/mol. The van der Waals surface area contributed by atoms with Gasteiger partial charge in [0.25, 0.3) is 5.91 Å². The van der Waals surface area contributed by atoms with E-state index >= 15 is 0 Å². The maximum atomic E-state index is 13.1. The van der Waals surface area contributed by atoms with Crippen LogP contribution >= 0.6 is 0 Å². The van der Waals surface area contributed by atoms with Crippen molar-refractivity contribution in [1.29, 1.82) is 0 Å². The molecule has 9 heteroatoms. The summed E-state index contributed by atoms with van der Waals surface area (Å²) in [7, 11) is 1.46. The Hall–Kier alpha value is -2.97. The highest BCUT2D eigenvalue weighted by Crippen LogP contribution is 2.13. The Morgan fingerprint density at radius 1 is 1.39 bits per heavy atom. The zero-order valence-electron chi connectivity index (χ0n) is 12.4. The van der Waals surface area contributed by atoms with E-state index in [1.54, 1.807) is 6.07 Å². The van der Waals surface area contributed by atoms with Crippen LogP contribution in [-0.2, 0) is 13.5 Å². The number of carbonyl (C=O) groups is 1. The van der Waals surface area contributed by atoms with Gasteiger partial charge >= 0.3 is 5.69 Å². The third-order valence-electron chi connectivity index (χ3n) is 3.35. The second-order valence-electron chi connectivity index (χ2n) is 5.11. The summed E-state index contributed by atoms with van der Waals surface area (Å²) in [6, 6.07) is 4.37. The molecule has 0 bridgehead atoms. The van der Waals surface area contributed by atoms with Gasteiger partial charge in [0.15, 0.2) is 0 Å². The lowest BCUT2D eigenvalue weighted by molar-refractivity contribution is 0.0942. The number of H-pyrrole nitrogens is 2. The van der Waals surface area contributed by atoms with Gasteiger partial charge in [0.1, 0.15) is 11.6 Å². The van der Waals surface area contributed by atoms with Gasteiger partial charge in [-0.1, -0.05) is 0 Å². The maximum absolute atomic E-state index is 13.1. The minimum absolute atomic E-state index is 0.0169. The van der Waals surface area contributed by atoms with E-state index in [0.29, 0.717) is 30.4 Å². The molecule has 0 aliphatic heterocycles. The minimum atomic E-state index is -0.440. The Labute approximate surface area is 129 Å². The third kappa shape index (κ3) is 3.28. The highest BCUT2D eigenvalue weighted by molar-refractivity contribution is 5.90. The number of imidazole rings is 1. The molecule has 0 saturated heterocycles. The van der Waals surface area contributed by atoms with Crippen molar-refractivity contribution in [3.8, 4) is 0 Å². The Balaban J connectivity index is 1.52. The van der Waals surface area contributed by atoms with Gasteiger partial charge in [-0.3, -0.25) is 9.78 Å². The summed E-state index contributed by atoms with van der Waals surface area (Å²) < 4.78 is 14.2. The summed E-state index contributed by atoms with van der Waals surface area (Å²) >= 11 is 0. The third-order valence-corrected chi connectivity index (χ3v) is 3.35. The minimum Gasteiger partial charge on any atom is -0.349 e. The van der Waals surface area contributed by atoms with Crippen LogP contribution in [0.25, 0.3) is 11.0 Å². The molecule has 0 aliphatic carbocycles. The number of aryl methyl sites for hydroxylation is 2. The molecule has 8 nitrogen and oxygen atoms in total. The monoisotopic (exact) mass is 318 g/mol. The number of aromatic amines is 2. The zero-order valence-corrected chi connectivity index (χ0v) is 12.4. The topological polar surface area (TPSA) is 108 Å². The van der Waals surface area contributed by atoms with Crippen LogP contribution in [0.4, 0.5) is 4.39 Å². The van der Waals surface area contributed by atoms with E-state index in [-0.39, 0.29) is 11.6 Å². The van der Waals surface area contributed by atoms with Gasteiger partial charge < -0.3 is 10.3 Å². The molecule has 3 N–H and O–H groups in total. The largest absolute Gasteiger partial charge is 0.349 e. The number of benzene rings is 1. The molecule has 0 spiro atoms. The molecule has 2 heterocycles. The van der Waals surface area contributed by atoms with Crippen molar-refractivity contribution >= 4 is 16.9 Å². The number of hydrogen-bond acceptors (Lipinski definition) is 4. The number of hydrogen-bond donors (Lipinski definition) is 3. The quantitative estimate of drug-likeness (QED) is 0.595. The van der Waals surface area contributed by atoms with Crippen LogP contribution < -0.4 is 11.0 Å². The van der Waals surface area contributed by atoms with E-state index in [1.165, 1.54) is 19.2 Å². The summed E-state index contributed by atoms with van der Waals surface area (Å²) in [6.45, 7) is 0.406. The van der Waals surface area contributed by atoms with E-state index in [4.69, 9.17) is 0 Å². The number of nitrogens with one attached hydrogen (secondary N) is 3. The van der Waals surface area contributed by atoms with Crippen molar-refractivity contribution < 1.29 is 9.18 Å². The van der Waals surface area contributed by atoms with E-state index in [2.05, 4.69) is 25.4 Å². The average Bonchev–Trinajstić information content (AvgIpc) is 3.06. The molecule has 0 radical (unpaired) electrons. The summed E-state index contributed by atoms with van der Waals surface area (Å²) in [5.41, 5.74) is 0.913. The van der Waals surface area contributed by atoms with E-state index < -0.39 is 11.6 Å². The van der Waals surface area contributed by atoms with Crippen LogP contribution in [0.1, 0.15) is 22.9 Å². The van der Waals surface area contributed by atoms with E-state index in [1.807, 2.05) is 0 Å². The van der Waals surface area contributed by atoms with Crippen LogP contribution in [0.3, 0.4) is 0 Å². The van der Waals surface area contributed by atoms with Crippen molar-refractivity contribution in [2.75, 3.05) is 6.54 Å². The van der Waals surface area contributed by atoms with Gasteiger partial charge in [0.05, 0.1) is 11.0 Å². The Bertz CT molecular complexity index is 910. The first kappa shape index (κ1) is 14.9. The summed E-state index contributed by atoms with van der Waals surface area (Å²) in [6.07, 6.45) is 1.25. The molecule has 1 aromatic carbocycles. The number of halogens is 1. The summed E-state index contributed by atoms with van der Waals surface area (Å²) in [5.74, 6) is -0.0403. The Morgan fingerprint density at radius 3 is 2.96 bits per heavy atom. The predicted octanol–water partition coefficient (Wildman–Crippen LogP) is 0.486. The molecule has 3 rings (SSSR count). The number of amides is 1. The molecule has 2 aromatic heterocycles. The lowest BCUT2D eigenvalue weighted by atomic mass is 10.3. The lowest BCUT2D eigenvalue weighted by Gasteiger charge is -2.01. The zero-order chi connectivity index (χ0) is 16.4. The van der Waals surface area contributed by atoms with Gasteiger partial charge in [-0.05, 0) is 24.6 Å². The average molecular weight is 318 g/mol. The van der Waals surface area contributed by atoms with Crippen molar-refractivity contribution in [3.63, 3.8) is 0 Å². The first-order valence-corrected chi connectivity index (χ1v) is 7.08. The number of rotatable bonds is 5. The normalized spacial score (nSPS) is 11.0. The molecule has 0 atom stereocenters. The fourth-order valence-corrected chi connectivity index (χ4v) is 2.20. The van der Waals surface area contributed by atoms with Crippen LogP contribution in [0, 0.1) is 5.82 Å². The molecule has 0 saturated carbocycles. The molecule has 120 valence electrons. The Kier molecular flexibility index (Phi) is 3.92. The van der Waals surface area contributed by atoms with Crippen molar-refractivity contribution in [2.45, 2.75) is 12.8 Å². The smallest absolute Gasteiger partial charge is 0.343 e. The number of nitrogens with zero attached hydrogens (tertiary/aromatic N) is 3. The molecule has 0 fully saturated rings. The molecular formula is C14H15FN6O2. The highest BCUT2D eigenvalue weighted by atomic mass is 19.1. The number of carbonyl (C=O) groups excluding carboxylic acids is 1. The first-order chi connectivity index (χ1) is 11.0. The second-order valence-corrected chi connectivity index (χ2v) is 5.11. The molecule has 1 amide bonds. The first-order valence-electron chi connectivity index (χ1n) is 7.08. The SMILES string of the molecule is Cn1nc(C(=O)NCCCc2nc3ccc(F)cc3[nH]2)[nH]c1=O. The van der Waals surface area contributed by atoms with Crippen LogP contribution in [0.2, 0.25) is 0 Å². The maximum Gasteiger partial charge on any atom is 0.343 e. The van der Waals surface area contributed by atoms with Crippen molar-refractivity contribution in [2.24, 2.45) is 7.05 Å². The number of aromatic nitrogens is 5. The van der Waals surface area contributed by atoms with Gasteiger partial charge in [0.2, 0.25) is 5.82 Å². The second kappa shape index (κ2) is 6.03. The fraction of sp³-hybridized carbons (Fsp3) is 0.286. The number of fused-ring (bicyclic) bond motifs is 1. The van der Waals surface area contributed by atoms with Gasteiger partial charge in [-0.2, -0.15) is 0 Å². The standard InChI is InChI=1S/C14H15FN6O2/c1-21-14(23)19-12(20-21)13(22)16-6-2-3-11-17-9-5-4-8(15)7-10(9)18-11/h4-5,7H,2-3,6H2,1H3,(H,16,22)(H,17,18)(H,19,20,23). The van der Waals surface area contributed by atoms with Crippen LogP contribution in [-0.4, -0.2) is 37.2 Å². The lowest BCUT2D eigenvalue weighted by Crippen LogP contribution is -2.26. The van der Waals surface area contributed by atoms with Crippen LogP contribution in [0.15, 0.2) is 23.0 Å².